The summed E-state index contributed by atoms with van der Waals surface area (Å²) in [5, 5.41) is 11.6. The molecule has 1 fully saturated rings. The van der Waals surface area contributed by atoms with Gasteiger partial charge in [0.2, 0.25) is 15.9 Å². The normalized spacial score (nSPS) is 20.0. The van der Waals surface area contributed by atoms with Crippen molar-refractivity contribution in [3.8, 4) is 0 Å². The van der Waals surface area contributed by atoms with Crippen LogP contribution in [-0.2, 0) is 19.6 Å². The Morgan fingerprint density at radius 2 is 2.00 bits per heavy atom. The summed E-state index contributed by atoms with van der Waals surface area (Å²) in [6.07, 6.45) is 1.91. The quantitative estimate of drug-likeness (QED) is 0.794. The van der Waals surface area contributed by atoms with Crippen LogP contribution in [0.3, 0.4) is 0 Å². The minimum atomic E-state index is -3.45. The standard InChI is InChI=1S/C15H18F2N2O5S/c1-25(23,24)19-6-2-3-10(8-19)14(20)18-13(15(21)22)9-4-5-11(16)12(17)7-9/h4-5,7,10,13H,2-3,6,8H2,1H3,(H,18,20)(H,21,22). The molecule has 0 aromatic heterocycles. The number of rotatable bonds is 5. The van der Waals surface area contributed by atoms with Crippen molar-refractivity contribution in [2.75, 3.05) is 19.3 Å². The Morgan fingerprint density at radius 1 is 1.32 bits per heavy atom. The van der Waals surface area contributed by atoms with Gasteiger partial charge in [-0.25, -0.2) is 26.3 Å². The highest BCUT2D eigenvalue weighted by atomic mass is 32.2. The van der Waals surface area contributed by atoms with E-state index in [1.807, 2.05) is 0 Å². The van der Waals surface area contributed by atoms with E-state index in [1.165, 1.54) is 0 Å². The molecule has 1 aliphatic heterocycles. The van der Waals surface area contributed by atoms with Crippen molar-refractivity contribution in [2.45, 2.75) is 18.9 Å². The van der Waals surface area contributed by atoms with Crippen LogP contribution >= 0.6 is 0 Å². The van der Waals surface area contributed by atoms with Crippen LogP contribution in [-0.4, -0.2) is 49.1 Å². The maximum Gasteiger partial charge on any atom is 0.330 e. The van der Waals surface area contributed by atoms with Crippen LogP contribution in [0.25, 0.3) is 0 Å². The number of carboxylic acids is 1. The van der Waals surface area contributed by atoms with Gasteiger partial charge in [-0.15, -0.1) is 0 Å². The number of nitrogens with one attached hydrogen (secondary N) is 1. The van der Waals surface area contributed by atoms with Gasteiger partial charge < -0.3 is 10.4 Å². The first-order valence-corrected chi connectivity index (χ1v) is 9.37. The average molecular weight is 376 g/mol. The molecule has 1 aromatic rings. The molecule has 25 heavy (non-hydrogen) atoms. The topological polar surface area (TPSA) is 104 Å². The van der Waals surface area contributed by atoms with Gasteiger partial charge in [-0.3, -0.25) is 4.79 Å². The van der Waals surface area contributed by atoms with Crippen LogP contribution in [0.5, 0.6) is 0 Å². The molecule has 10 heteroatoms. The summed E-state index contributed by atoms with van der Waals surface area (Å²) in [6.45, 7) is 0.253. The monoisotopic (exact) mass is 376 g/mol. The number of hydrogen-bond donors (Lipinski definition) is 2. The van der Waals surface area contributed by atoms with E-state index in [0.29, 0.717) is 25.5 Å². The molecule has 2 rings (SSSR count). The molecule has 7 nitrogen and oxygen atoms in total. The van der Waals surface area contributed by atoms with Crippen LogP contribution < -0.4 is 5.32 Å². The molecule has 0 aliphatic carbocycles. The summed E-state index contributed by atoms with van der Waals surface area (Å²) in [5.41, 5.74) is -0.115. The number of carbonyl (C=O) groups is 2. The molecule has 138 valence electrons. The van der Waals surface area contributed by atoms with Crippen molar-refractivity contribution >= 4 is 21.9 Å². The first-order chi connectivity index (χ1) is 11.6. The number of piperidine rings is 1. The third kappa shape index (κ3) is 4.73. The second-order valence-corrected chi connectivity index (χ2v) is 7.90. The number of amides is 1. The van der Waals surface area contributed by atoms with E-state index in [2.05, 4.69) is 5.32 Å². The lowest BCUT2D eigenvalue weighted by Gasteiger charge is -2.30. The van der Waals surface area contributed by atoms with Gasteiger partial charge in [0.25, 0.3) is 0 Å². The molecule has 1 heterocycles. The summed E-state index contributed by atoms with van der Waals surface area (Å²) in [4.78, 5) is 23.7. The Bertz CT molecular complexity index is 784. The lowest BCUT2D eigenvalue weighted by Crippen LogP contribution is -2.46. The van der Waals surface area contributed by atoms with E-state index in [1.54, 1.807) is 0 Å². The molecular weight excluding hydrogens is 358 g/mol. The van der Waals surface area contributed by atoms with E-state index in [9.17, 15) is 31.9 Å². The van der Waals surface area contributed by atoms with Crippen molar-refractivity contribution in [3.05, 3.63) is 35.4 Å². The Morgan fingerprint density at radius 3 is 2.56 bits per heavy atom. The van der Waals surface area contributed by atoms with Gasteiger partial charge in [0, 0.05) is 13.1 Å². The molecule has 2 unspecified atom stereocenters. The van der Waals surface area contributed by atoms with Crippen molar-refractivity contribution in [1.82, 2.24) is 9.62 Å². The second kappa shape index (κ2) is 7.44. The van der Waals surface area contributed by atoms with Crippen LogP contribution in [0.2, 0.25) is 0 Å². The first kappa shape index (κ1) is 19.3. The molecule has 0 saturated carbocycles. The lowest BCUT2D eigenvalue weighted by molar-refractivity contribution is -0.143. The van der Waals surface area contributed by atoms with E-state index in [-0.39, 0.29) is 12.1 Å². The van der Waals surface area contributed by atoms with Gasteiger partial charge in [0.15, 0.2) is 17.7 Å². The largest absolute Gasteiger partial charge is 0.479 e. The summed E-state index contributed by atoms with van der Waals surface area (Å²) in [5.74, 6) is -5.15. The van der Waals surface area contributed by atoms with Gasteiger partial charge in [0.1, 0.15) is 0 Å². The van der Waals surface area contributed by atoms with Crippen molar-refractivity contribution in [3.63, 3.8) is 0 Å². The zero-order chi connectivity index (χ0) is 18.8. The number of halogens is 2. The maximum absolute atomic E-state index is 13.3. The molecule has 1 saturated heterocycles. The Labute approximate surface area is 143 Å². The average Bonchev–Trinajstić information content (AvgIpc) is 2.54. The lowest BCUT2D eigenvalue weighted by atomic mass is 9.97. The van der Waals surface area contributed by atoms with Gasteiger partial charge in [-0.1, -0.05) is 6.07 Å². The minimum absolute atomic E-state index is 0.0468. The maximum atomic E-state index is 13.3. The number of nitrogens with zero attached hydrogens (tertiary/aromatic N) is 1. The Balaban J connectivity index is 2.15. The van der Waals surface area contributed by atoms with Gasteiger partial charge >= 0.3 is 5.97 Å². The molecule has 1 aromatic carbocycles. The number of benzene rings is 1. The smallest absolute Gasteiger partial charge is 0.330 e. The van der Waals surface area contributed by atoms with Gasteiger partial charge in [-0.2, -0.15) is 0 Å². The van der Waals surface area contributed by atoms with E-state index in [4.69, 9.17) is 0 Å². The van der Waals surface area contributed by atoms with Crippen LogP contribution in [0.4, 0.5) is 8.78 Å². The van der Waals surface area contributed by atoms with Crippen LogP contribution in [0, 0.1) is 17.6 Å². The van der Waals surface area contributed by atoms with Crippen molar-refractivity contribution in [2.24, 2.45) is 5.92 Å². The predicted octanol–water partition coefficient (Wildman–Crippen LogP) is 0.878. The molecular formula is C15H18F2N2O5S. The highest BCUT2D eigenvalue weighted by Crippen LogP contribution is 2.22. The fourth-order valence-corrected chi connectivity index (χ4v) is 3.61. The van der Waals surface area contributed by atoms with Crippen LogP contribution in [0.1, 0.15) is 24.4 Å². The number of hydrogen-bond acceptors (Lipinski definition) is 4. The minimum Gasteiger partial charge on any atom is -0.479 e. The molecule has 1 aliphatic rings. The Hall–Kier alpha value is -2.07. The summed E-state index contributed by atoms with van der Waals surface area (Å²) < 4.78 is 50.7. The van der Waals surface area contributed by atoms with E-state index < -0.39 is 45.5 Å². The molecule has 0 bridgehead atoms. The van der Waals surface area contributed by atoms with E-state index >= 15 is 0 Å². The SMILES string of the molecule is CS(=O)(=O)N1CCCC(C(=O)NC(C(=O)O)c2ccc(F)c(F)c2)C1. The third-order valence-corrected chi connectivity index (χ3v) is 5.30. The fourth-order valence-electron chi connectivity index (χ4n) is 2.70. The first-order valence-electron chi connectivity index (χ1n) is 7.53. The summed E-state index contributed by atoms with van der Waals surface area (Å²) >= 11 is 0. The fraction of sp³-hybridized carbons (Fsp3) is 0.467. The molecule has 0 spiro atoms. The highest BCUT2D eigenvalue weighted by Gasteiger charge is 2.32. The third-order valence-electron chi connectivity index (χ3n) is 4.03. The van der Waals surface area contributed by atoms with Crippen molar-refractivity contribution < 1.29 is 31.9 Å². The number of carboxylic acid groups (broad SMARTS) is 1. The zero-order valence-corrected chi connectivity index (χ0v) is 14.2. The Kier molecular flexibility index (Phi) is 5.73. The molecule has 0 radical (unpaired) electrons. The van der Waals surface area contributed by atoms with E-state index in [0.717, 1.165) is 22.7 Å². The number of aliphatic carboxylic acids is 1. The van der Waals surface area contributed by atoms with Crippen LogP contribution in [0.15, 0.2) is 18.2 Å². The van der Waals surface area contributed by atoms with Crippen molar-refractivity contribution in [1.29, 1.82) is 0 Å². The molecule has 1 amide bonds. The molecule has 2 atom stereocenters. The van der Waals surface area contributed by atoms with Gasteiger partial charge in [0.05, 0.1) is 12.2 Å². The summed E-state index contributed by atoms with van der Waals surface area (Å²) in [6, 6.07) is 0.995. The predicted molar refractivity (Wildman–Crippen MR) is 84.0 cm³/mol. The molecule has 2 N–H and O–H groups in total. The number of carbonyl (C=O) groups excluding carboxylic acids is 1. The second-order valence-electron chi connectivity index (χ2n) is 5.91. The highest BCUT2D eigenvalue weighted by molar-refractivity contribution is 7.88. The zero-order valence-electron chi connectivity index (χ0n) is 13.4. The summed E-state index contributed by atoms with van der Waals surface area (Å²) in [7, 11) is -3.45. The van der Waals surface area contributed by atoms with Gasteiger partial charge in [-0.05, 0) is 30.5 Å². The number of sulfonamides is 1.